The molecule has 0 atom stereocenters. The molecule has 2 rings (SSSR count). The molecule has 0 saturated carbocycles. The summed E-state index contributed by atoms with van der Waals surface area (Å²) in [6.07, 6.45) is 1.75. The average Bonchev–Trinajstić information content (AvgIpc) is 2.57. The van der Waals surface area contributed by atoms with E-state index in [1.165, 1.54) is 4.68 Å². The SMILES string of the molecule is CC(C)(C)OC(=O)c1ccc2ccn(N)c2c1. The van der Waals surface area contributed by atoms with Crippen molar-refractivity contribution in [1.29, 1.82) is 0 Å². The molecule has 0 aliphatic rings. The van der Waals surface area contributed by atoms with Crippen LogP contribution in [0.1, 0.15) is 31.1 Å². The molecule has 4 nitrogen and oxygen atoms in total. The van der Waals surface area contributed by atoms with Gasteiger partial charge in [-0.1, -0.05) is 6.07 Å². The van der Waals surface area contributed by atoms with Crippen molar-refractivity contribution < 1.29 is 9.53 Å². The molecule has 0 aliphatic heterocycles. The summed E-state index contributed by atoms with van der Waals surface area (Å²) in [4.78, 5) is 11.9. The number of fused-ring (bicyclic) bond motifs is 1. The van der Waals surface area contributed by atoms with Crippen LogP contribution in [0.5, 0.6) is 0 Å². The van der Waals surface area contributed by atoms with Gasteiger partial charge in [-0.15, -0.1) is 0 Å². The van der Waals surface area contributed by atoms with Crippen molar-refractivity contribution in [1.82, 2.24) is 4.68 Å². The first kappa shape index (κ1) is 11.5. The standard InChI is InChI=1S/C13H16N2O2/c1-13(2,3)17-12(16)10-5-4-9-6-7-15(14)11(9)8-10/h4-8H,14H2,1-3H3. The third-order valence-corrected chi connectivity index (χ3v) is 2.36. The lowest BCUT2D eigenvalue weighted by Gasteiger charge is -2.19. The zero-order valence-electron chi connectivity index (χ0n) is 10.2. The van der Waals surface area contributed by atoms with Gasteiger partial charge in [0.1, 0.15) is 5.60 Å². The number of carbonyl (C=O) groups is 1. The van der Waals surface area contributed by atoms with Gasteiger partial charge in [-0.2, -0.15) is 0 Å². The van der Waals surface area contributed by atoms with E-state index in [0.29, 0.717) is 5.56 Å². The summed E-state index contributed by atoms with van der Waals surface area (Å²) in [5.41, 5.74) is 0.836. The Balaban J connectivity index is 2.36. The fraction of sp³-hybridized carbons (Fsp3) is 0.308. The minimum Gasteiger partial charge on any atom is -0.456 e. The number of ether oxygens (including phenoxy) is 1. The molecule has 0 unspecified atom stereocenters. The molecule has 17 heavy (non-hydrogen) atoms. The van der Waals surface area contributed by atoms with Crippen molar-refractivity contribution >= 4 is 16.9 Å². The molecule has 1 aromatic heterocycles. The van der Waals surface area contributed by atoms with Crippen LogP contribution in [-0.4, -0.2) is 16.2 Å². The molecule has 2 aromatic rings. The molecule has 0 fully saturated rings. The van der Waals surface area contributed by atoms with Crippen molar-refractivity contribution in [3.05, 3.63) is 36.0 Å². The summed E-state index contributed by atoms with van der Waals surface area (Å²) in [7, 11) is 0. The van der Waals surface area contributed by atoms with Crippen LogP contribution >= 0.6 is 0 Å². The smallest absolute Gasteiger partial charge is 0.338 e. The maximum Gasteiger partial charge on any atom is 0.338 e. The van der Waals surface area contributed by atoms with Crippen molar-refractivity contribution in [2.75, 3.05) is 5.84 Å². The highest BCUT2D eigenvalue weighted by molar-refractivity contribution is 5.94. The fourth-order valence-electron chi connectivity index (χ4n) is 1.61. The zero-order valence-corrected chi connectivity index (χ0v) is 10.2. The van der Waals surface area contributed by atoms with E-state index in [1.54, 1.807) is 18.3 Å². The Hall–Kier alpha value is -1.97. The monoisotopic (exact) mass is 232 g/mol. The molecule has 0 spiro atoms. The van der Waals surface area contributed by atoms with E-state index in [-0.39, 0.29) is 5.97 Å². The number of rotatable bonds is 1. The van der Waals surface area contributed by atoms with Gasteiger partial charge in [0.15, 0.2) is 0 Å². The number of hydrogen-bond donors (Lipinski definition) is 1. The minimum atomic E-state index is -0.489. The second-order valence-electron chi connectivity index (χ2n) is 5.00. The molecule has 1 heterocycles. The third-order valence-electron chi connectivity index (χ3n) is 2.36. The van der Waals surface area contributed by atoms with E-state index in [4.69, 9.17) is 10.6 Å². The van der Waals surface area contributed by atoms with Gasteiger partial charge in [-0.05, 0) is 39.0 Å². The van der Waals surface area contributed by atoms with E-state index in [0.717, 1.165) is 10.9 Å². The number of hydrogen-bond acceptors (Lipinski definition) is 3. The van der Waals surface area contributed by atoms with Gasteiger partial charge in [0.2, 0.25) is 0 Å². The predicted octanol–water partition coefficient (Wildman–Crippen LogP) is 2.31. The number of nitrogen functional groups attached to an aromatic ring is 1. The predicted molar refractivity (Wildman–Crippen MR) is 67.3 cm³/mol. The van der Waals surface area contributed by atoms with Crippen LogP contribution in [-0.2, 0) is 4.74 Å². The van der Waals surface area contributed by atoms with Gasteiger partial charge in [0.05, 0.1) is 11.1 Å². The highest BCUT2D eigenvalue weighted by Crippen LogP contribution is 2.18. The molecule has 1 aromatic carbocycles. The fourth-order valence-corrected chi connectivity index (χ4v) is 1.61. The second kappa shape index (κ2) is 3.80. The Morgan fingerprint density at radius 1 is 1.29 bits per heavy atom. The largest absolute Gasteiger partial charge is 0.456 e. The van der Waals surface area contributed by atoms with Crippen LogP contribution in [0.4, 0.5) is 0 Å². The molecule has 2 N–H and O–H groups in total. The van der Waals surface area contributed by atoms with E-state index in [1.807, 2.05) is 32.9 Å². The Kier molecular flexibility index (Phi) is 2.58. The topological polar surface area (TPSA) is 57.2 Å². The average molecular weight is 232 g/mol. The van der Waals surface area contributed by atoms with E-state index < -0.39 is 5.60 Å². The Morgan fingerprint density at radius 2 is 2.00 bits per heavy atom. The van der Waals surface area contributed by atoms with Gasteiger partial charge in [0, 0.05) is 11.6 Å². The van der Waals surface area contributed by atoms with Gasteiger partial charge >= 0.3 is 5.97 Å². The summed E-state index contributed by atoms with van der Waals surface area (Å²) >= 11 is 0. The third kappa shape index (κ3) is 2.41. The summed E-state index contributed by atoms with van der Waals surface area (Å²) in [5.74, 6) is 5.40. The molecule has 0 radical (unpaired) electrons. The molecular formula is C13H16N2O2. The number of carbonyl (C=O) groups excluding carboxylic acids is 1. The van der Waals surface area contributed by atoms with Gasteiger partial charge in [0.25, 0.3) is 0 Å². The molecule has 0 amide bonds. The van der Waals surface area contributed by atoms with Crippen LogP contribution in [0.3, 0.4) is 0 Å². The summed E-state index contributed by atoms with van der Waals surface area (Å²) < 4.78 is 6.79. The van der Waals surface area contributed by atoms with Crippen LogP contribution < -0.4 is 5.84 Å². The van der Waals surface area contributed by atoms with Crippen molar-refractivity contribution in [3.63, 3.8) is 0 Å². The Morgan fingerprint density at radius 3 is 2.65 bits per heavy atom. The second-order valence-corrected chi connectivity index (χ2v) is 5.00. The lowest BCUT2D eigenvalue weighted by atomic mass is 10.1. The van der Waals surface area contributed by atoms with Crippen LogP contribution in [0.25, 0.3) is 10.9 Å². The summed E-state index contributed by atoms with van der Waals surface area (Å²) in [6.45, 7) is 5.53. The maximum absolute atomic E-state index is 11.9. The maximum atomic E-state index is 11.9. The van der Waals surface area contributed by atoms with Crippen LogP contribution in [0, 0.1) is 0 Å². The van der Waals surface area contributed by atoms with Crippen molar-refractivity contribution in [2.45, 2.75) is 26.4 Å². The molecular weight excluding hydrogens is 216 g/mol. The first-order valence-electron chi connectivity index (χ1n) is 5.46. The highest BCUT2D eigenvalue weighted by atomic mass is 16.6. The van der Waals surface area contributed by atoms with E-state index in [9.17, 15) is 4.79 Å². The Bertz CT molecular complexity index is 564. The van der Waals surface area contributed by atoms with Crippen LogP contribution in [0.15, 0.2) is 30.5 Å². The van der Waals surface area contributed by atoms with Gasteiger partial charge < -0.3 is 10.6 Å². The number of nitrogens with two attached hydrogens (primary N) is 1. The summed E-state index contributed by atoms with van der Waals surface area (Å²) in [6, 6.07) is 7.24. The van der Waals surface area contributed by atoms with Crippen LogP contribution in [0.2, 0.25) is 0 Å². The molecule has 0 bridgehead atoms. The molecule has 0 saturated heterocycles. The zero-order chi connectivity index (χ0) is 12.6. The summed E-state index contributed by atoms with van der Waals surface area (Å²) in [5, 5.41) is 1.000. The highest BCUT2D eigenvalue weighted by Gasteiger charge is 2.18. The normalized spacial score (nSPS) is 11.7. The number of benzene rings is 1. The molecule has 4 heteroatoms. The number of aromatic nitrogens is 1. The van der Waals surface area contributed by atoms with Crippen molar-refractivity contribution in [2.24, 2.45) is 0 Å². The molecule has 90 valence electrons. The van der Waals surface area contributed by atoms with E-state index >= 15 is 0 Å². The van der Waals surface area contributed by atoms with E-state index in [2.05, 4.69) is 0 Å². The number of esters is 1. The van der Waals surface area contributed by atoms with Gasteiger partial charge in [-0.3, -0.25) is 4.68 Å². The number of nitrogens with zero attached hydrogens (tertiary/aromatic N) is 1. The lowest BCUT2D eigenvalue weighted by Crippen LogP contribution is -2.23. The molecule has 0 aliphatic carbocycles. The first-order valence-corrected chi connectivity index (χ1v) is 5.46. The van der Waals surface area contributed by atoms with Gasteiger partial charge in [-0.25, -0.2) is 4.79 Å². The lowest BCUT2D eigenvalue weighted by molar-refractivity contribution is 0.00697. The van der Waals surface area contributed by atoms with Crippen molar-refractivity contribution in [3.8, 4) is 0 Å². The first-order chi connectivity index (χ1) is 7.87. The minimum absolute atomic E-state index is 0.333. The Labute approximate surface area is 99.9 Å². The quantitative estimate of drug-likeness (QED) is 0.606.